The fraction of sp³-hybridized carbons (Fsp3) is 0.348. The first-order valence-corrected chi connectivity index (χ1v) is 10.4. The lowest BCUT2D eigenvalue weighted by Gasteiger charge is -2.26. The van der Waals surface area contributed by atoms with Crippen LogP contribution >= 0.6 is 0 Å². The van der Waals surface area contributed by atoms with Crippen molar-refractivity contribution in [3.63, 3.8) is 0 Å². The second kappa shape index (κ2) is 9.46. The fourth-order valence-corrected chi connectivity index (χ4v) is 4.17. The standard InChI is InChI=1S/C23H24FN3O5/c24-19-7-14(5-6-15(19)11-28)9-25-22(30)23(31)27-10-16(18-3-1-2-4-20(18)27)8-17-12-32-13-21(29)26-17/h1-7,16-17,28H,8-13H2,(H,25,30)(H,26,29). The predicted molar refractivity (Wildman–Crippen MR) is 113 cm³/mol. The van der Waals surface area contributed by atoms with Gasteiger partial charge in [0.1, 0.15) is 12.4 Å². The van der Waals surface area contributed by atoms with E-state index in [1.165, 1.54) is 17.0 Å². The number of carbonyl (C=O) groups is 3. The molecule has 0 spiro atoms. The fourth-order valence-electron chi connectivity index (χ4n) is 4.17. The molecule has 2 unspecified atom stereocenters. The number of rotatable bonds is 5. The summed E-state index contributed by atoms with van der Waals surface area (Å²) in [4.78, 5) is 38.5. The van der Waals surface area contributed by atoms with Gasteiger partial charge in [-0.1, -0.05) is 30.3 Å². The van der Waals surface area contributed by atoms with Gasteiger partial charge in [0, 0.05) is 30.3 Å². The van der Waals surface area contributed by atoms with Gasteiger partial charge in [-0.25, -0.2) is 4.39 Å². The van der Waals surface area contributed by atoms with E-state index in [-0.39, 0.29) is 36.6 Å². The number of benzene rings is 2. The summed E-state index contributed by atoms with van der Waals surface area (Å²) in [5, 5.41) is 14.5. The number of hydrogen-bond acceptors (Lipinski definition) is 5. The minimum Gasteiger partial charge on any atom is -0.392 e. The summed E-state index contributed by atoms with van der Waals surface area (Å²) in [6.07, 6.45) is 0.588. The lowest BCUT2D eigenvalue weighted by molar-refractivity contribution is -0.137. The van der Waals surface area contributed by atoms with Crippen LogP contribution in [-0.2, 0) is 32.3 Å². The first-order valence-electron chi connectivity index (χ1n) is 10.4. The summed E-state index contributed by atoms with van der Waals surface area (Å²) in [6.45, 7) is 0.345. The summed E-state index contributed by atoms with van der Waals surface area (Å²) in [7, 11) is 0. The molecule has 1 fully saturated rings. The van der Waals surface area contributed by atoms with E-state index in [0.29, 0.717) is 30.8 Å². The second-order valence-electron chi connectivity index (χ2n) is 7.95. The Morgan fingerprint density at radius 3 is 2.81 bits per heavy atom. The Hall–Kier alpha value is -3.30. The average Bonchev–Trinajstić information content (AvgIpc) is 3.15. The lowest BCUT2D eigenvalue weighted by atomic mass is 9.94. The van der Waals surface area contributed by atoms with Crippen LogP contribution < -0.4 is 15.5 Å². The van der Waals surface area contributed by atoms with Crippen LogP contribution in [0.25, 0.3) is 0 Å². The molecule has 32 heavy (non-hydrogen) atoms. The van der Waals surface area contributed by atoms with Crippen molar-refractivity contribution in [3.05, 3.63) is 65.0 Å². The number of nitrogens with one attached hydrogen (secondary N) is 2. The van der Waals surface area contributed by atoms with E-state index in [0.717, 1.165) is 5.56 Å². The van der Waals surface area contributed by atoms with Gasteiger partial charge in [-0.15, -0.1) is 0 Å². The van der Waals surface area contributed by atoms with Crippen molar-refractivity contribution in [1.29, 1.82) is 0 Å². The minimum absolute atomic E-state index is 0.0163. The third-order valence-corrected chi connectivity index (χ3v) is 5.74. The molecule has 0 aromatic heterocycles. The highest BCUT2D eigenvalue weighted by molar-refractivity contribution is 6.40. The molecule has 2 aromatic rings. The van der Waals surface area contributed by atoms with Crippen LogP contribution in [-0.4, -0.2) is 48.6 Å². The van der Waals surface area contributed by atoms with Crippen LogP contribution in [0.1, 0.15) is 29.0 Å². The van der Waals surface area contributed by atoms with Crippen molar-refractivity contribution < 1.29 is 28.6 Å². The highest BCUT2D eigenvalue weighted by Gasteiger charge is 2.36. The first kappa shape index (κ1) is 21.9. The number of aliphatic hydroxyl groups excluding tert-OH is 1. The number of morpholine rings is 1. The normalized spacial score (nSPS) is 19.9. The van der Waals surface area contributed by atoms with Gasteiger partial charge in [0.25, 0.3) is 0 Å². The quantitative estimate of drug-likeness (QED) is 0.600. The first-order chi connectivity index (χ1) is 15.5. The lowest BCUT2D eigenvalue weighted by Crippen LogP contribution is -2.47. The van der Waals surface area contributed by atoms with Crippen LogP contribution in [0.15, 0.2) is 42.5 Å². The number of halogens is 1. The van der Waals surface area contributed by atoms with Crippen LogP contribution in [0.5, 0.6) is 0 Å². The summed E-state index contributed by atoms with van der Waals surface area (Å²) < 4.78 is 19.1. The predicted octanol–water partition coefficient (Wildman–Crippen LogP) is 0.970. The maximum Gasteiger partial charge on any atom is 0.316 e. The van der Waals surface area contributed by atoms with Crippen LogP contribution in [0.2, 0.25) is 0 Å². The number of carbonyl (C=O) groups excluding carboxylic acids is 3. The molecule has 168 valence electrons. The van der Waals surface area contributed by atoms with E-state index >= 15 is 0 Å². The van der Waals surface area contributed by atoms with Gasteiger partial charge in [0.2, 0.25) is 5.91 Å². The van der Waals surface area contributed by atoms with E-state index in [9.17, 15) is 18.8 Å². The molecule has 2 atom stereocenters. The zero-order valence-electron chi connectivity index (χ0n) is 17.3. The molecule has 8 nitrogen and oxygen atoms in total. The third kappa shape index (κ3) is 4.63. The highest BCUT2D eigenvalue weighted by Crippen LogP contribution is 2.38. The highest BCUT2D eigenvalue weighted by atomic mass is 19.1. The topological polar surface area (TPSA) is 108 Å². The molecule has 3 N–H and O–H groups in total. The molecule has 0 radical (unpaired) electrons. The number of amides is 3. The molecule has 4 rings (SSSR count). The van der Waals surface area contributed by atoms with Crippen molar-refractivity contribution in [2.24, 2.45) is 0 Å². The van der Waals surface area contributed by atoms with Gasteiger partial charge < -0.3 is 25.4 Å². The van der Waals surface area contributed by atoms with Crippen molar-refractivity contribution in [3.8, 4) is 0 Å². The van der Waals surface area contributed by atoms with Crippen LogP contribution in [0, 0.1) is 5.82 Å². The van der Waals surface area contributed by atoms with E-state index < -0.39 is 24.2 Å². The van der Waals surface area contributed by atoms with Gasteiger partial charge in [-0.2, -0.15) is 0 Å². The SMILES string of the molecule is O=C1COCC(CC2CN(C(=O)C(=O)NCc3ccc(CO)c(F)c3)c3ccccc32)N1. The van der Waals surface area contributed by atoms with Gasteiger partial charge in [-0.3, -0.25) is 14.4 Å². The smallest absolute Gasteiger partial charge is 0.316 e. The maximum absolute atomic E-state index is 13.8. The molecule has 0 saturated carbocycles. The summed E-state index contributed by atoms with van der Waals surface area (Å²) in [5.41, 5.74) is 2.25. The number of anilines is 1. The van der Waals surface area contributed by atoms with Crippen molar-refractivity contribution in [1.82, 2.24) is 10.6 Å². The molecule has 2 aliphatic rings. The van der Waals surface area contributed by atoms with Crippen molar-refractivity contribution in [2.45, 2.75) is 31.5 Å². The van der Waals surface area contributed by atoms with Gasteiger partial charge in [0.15, 0.2) is 0 Å². The summed E-state index contributed by atoms with van der Waals surface area (Å²) >= 11 is 0. The van der Waals surface area contributed by atoms with Crippen LogP contribution in [0.4, 0.5) is 10.1 Å². The molecule has 1 saturated heterocycles. The van der Waals surface area contributed by atoms with E-state index in [1.807, 2.05) is 12.1 Å². The molecule has 2 aromatic carbocycles. The zero-order chi connectivity index (χ0) is 22.7. The van der Waals surface area contributed by atoms with E-state index in [4.69, 9.17) is 9.84 Å². The summed E-state index contributed by atoms with van der Waals surface area (Å²) in [6, 6.07) is 11.5. The molecule has 2 heterocycles. The number of ether oxygens (including phenoxy) is 1. The van der Waals surface area contributed by atoms with E-state index in [1.54, 1.807) is 18.2 Å². The summed E-state index contributed by atoms with van der Waals surface area (Å²) in [5.74, 6) is -2.27. The van der Waals surface area contributed by atoms with Gasteiger partial charge in [-0.05, 0) is 29.7 Å². The largest absolute Gasteiger partial charge is 0.392 e. The Bertz CT molecular complexity index is 1040. The van der Waals surface area contributed by atoms with Crippen molar-refractivity contribution in [2.75, 3.05) is 24.7 Å². The van der Waals surface area contributed by atoms with Gasteiger partial charge in [0.05, 0.1) is 19.3 Å². The van der Waals surface area contributed by atoms with Crippen LogP contribution in [0.3, 0.4) is 0 Å². The average molecular weight is 441 g/mol. The molecule has 0 aliphatic carbocycles. The Labute approximate surface area is 184 Å². The molecular formula is C23H24FN3O5. The number of hydrogen-bond donors (Lipinski definition) is 3. The van der Waals surface area contributed by atoms with Gasteiger partial charge >= 0.3 is 11.8 Å². The molecule has 2 aliphatic heterocycles. The maximum atomic E-state index is 13.8. The third-order valence-electron chi connectivity index (χ3n) is 5.74. The zero-order valence-corrected chi connectivity index (χ0v) is 17.3. The number of aliphatic hydroxyl groups is 1. The number of para-hydroxylation sites is 1. The Balaban J connectivity index is 1.42. The minimum atomic E-state index is -0.790. The Morgan fingerprint density at radius 1 is 1.25 bits per heavy atom. The molecule has 9 heteroatoms. The van der Waals surface area contributed by atoms with E-state index in [2.05, 4.69) is 10.6 Å². The Kier molecular flexibility index (Phi) is 6.48. The Morgan fingerprint density at radius 2 is 2.06 bits per heavy atom. The number of nitrogens with zero attached hydrogens (tertiary/aromatic N) is 1. The molecular weight excluding hydrogens is 417 g/mol. The molecule has 0 bridgehead atoms. The number of fused-ring (bicyclic) bond motifs is 1. The van der Waals surface area contributed by atoms with Crippen molar-refractivity contribution >= 4 is 23.4 Å². The molecule has 3 amide bonds. The second-order valence-corrected chi connectivity index (χ2v) is 7.95. The monoisotopic (exact) mass is 441 g/mol.